The Balaban J connectivity index is 1.72. The number of hydrogen-bond donors (Lipinski definition) is 1. The first-order valence-corrected chi connectivity index (χ1v) is 8.92. The van der Waals surface area contributed by atoms with E-state index in [1.165, 1.54) is 23.9 Å². The Bertz CT molecular complexity index is 964. The van der Waals surface area contributed by atoms with E-state index in [4.69, 9.17) is 5.26 Å². The third kappa shape index (κ3) is 4.50. The molecule has 0 atom stereocenters. The number of halogens is 1. The highest BCUT2D eigenvalue weighted by atomic mass is 32.2. The molecule has 0 aliphatic carbocycles. The average molecular weight is 362 g/mol. The fourth-order valence-electron chi connectivity index (χ4n) is 2.38. The zero-order valence-electron chi connectivity index (χ0n) is 13.8. The number of nitrogens with one attached hydrogen (secondary N) is 1. The molecule has 1 N–H and O–H groups in total. The molecule has 0 aliphatic rings. The highest BCUT2D eigenvalue weighted by molar-refractivity contribution is 7.98. The number of anilines is 1. The molecule has 0 radical (unpaired) electrons. The van der Waals surface area contributed by atoms with Crippen molar-refractivity contribution in [3.05, 3.63) is 95.3 Å². The van der Waals surface area contributed by atoms with Gasteiger partial charge in [0.1, 0.15) is 5.82 Å². The van der Waals surface area contributed by atoms with E-state index in [9.17, 15) is 9.18 Å². The molecule has 26 heavy (non-hydrogen) atoms. The van der Waals surface area contributed by atoms with Gasteiger partial charge < -0.3 is 5.32 Å². The lowest BCUT2D eigenvalue weighted by molar-refractivity contribution is 0.102. The second-order valence-electron chi connectivity index (χ2n) is 5.56. The van der Waals surface area contributed by atoms with Crippen molar-refractivity contribution in [1.82, 2.24) is 0 Å². The molecule has 0 bridgehead atoms. The molecule has 0 unspecified atom stereocenters. The van der Waals surface area contributed by atoms with Crippen LogP contribution in [0.25, 0.3) is 0 Å². The van der Waals surface area contributed by atoms with Crippen LogP contribution in [0.2, 0.25) is 0 Å². The molecule has 128 valence electrons. The fraction of sp³-hybridized carbons (Fsp3) is 0.0476. The van der Waals surface area contributed by atoms with E-state index in [1.54, 1.807) is 36.4 Å². The molecular weight excluding hydrogens is 347 g/mol. The molecule has 0 aromatic heterocycles. The molecule has 0 saturated carbocycles. The van der Waals surface area contributed by atoms with E-state index in [1.807, 2.05) is 24.3 Å². The Labute approximate surface area is 155 Å². The van der Waals surface area contributed by atoms with Crippen molar-refractivity contribution in [3.63, 3.8) is 0 Å². The van der Waals surface area contributed by atoms with Crippen LogP contribution in [0.15, 0.2) is 77.7 Å². The molecule has 3 aromatic rings. The highest BCUT2D eigenvalue weighted by Crippen LogP contribution is 2.27. The van der Waals surface area contributed by atoms with E-state index in [-0.39, 0.29) is 5.91 Å². The normalized spacial score (nSPS) is 10.2. The van der Waals surface area contributed by atoms with Crippen molar-refractivity contribution in [3.8, 4) is 6.07 Å². The number of nitriles is 1. The van der Waals surface area contributed by atoms with Crippen LogP contribution in [-0.2, 0) is 5.75 Å². The summed E-state index contributed by atoms with van der Waals surface area (Å²) in [7, 11) is 0. The van der Waals surface area contributed by atoms with Crippen LogP contribution in [0.5, 0.6) is 0 Å². The number of nitrogens with zero attached hydrogens (tertiary/aromatic N) is 1. The topological polar surface area (TPSA) is 52.9 Å². The van der Waals surface area contributed by atoms with Crippen LogP contribution in [0, 0.1) is 17.1 Å². The summed E-state index contributed by atoms with van der Waals surface area (Å²) in [6, 6.07) is 22.6. The predicted octanol–water partition coefficient (Wildman–Crippen LogP) is 5.24. The van der Waals surface area contributed by atoms with E-state index >= 15 is 0 Å². The smallest absolute Gasteiger partial charge is 0.256 e. The van der Waals surface area contributed by atoms with Crippen LogP contribution in [-0.4, -0.2) is 5.91 Å². The Hall–Kier alpha value is -3.10. The molecule has 3 nitrogen and oxygen atoms in total. The van der Waals surface area contributed by atoms with Crippen molar-refractivity contribution in [2.75, 3.05) is 5.32 Å². The molecule has 0 saturated heterocycles. The standard InChI is InChI=1S/C21H15FN2OS/c22-17-4-3-5-18(12-17)24-21(25)19-6-1-2-7-20(19)26-14-16-10-8-15(13-23)9-11-16/h1-12H,14H2,(H,24,25). The lowest BCUT2D eigenvalue weighted by atomic mass is 10.2. The van der Waals surface area contributed by atoms with Gasteiger partial charge >= 0.3 is 0 Å². The number of carbonyl (C=O) groups excluding carboxylic acids is 1. The lowest BCUT2D eigenvalue weighted by Gasteiger charge is -2.10. The van der Waals surface area contributed by atoms with Crippen LogP contribution in [0.4, 0.5) is 10.1 Å². The quantitative estimate of drug-likeness (QED) is 0.631. The van der Waals surface area contributed by atoms with Crippen molar-refractivity contribution >= 4 is 23.4 Å². The van der Waals surface area contributed by atoms with Gasteiger partial charge in [-0.15, -0.1) is 11.8 Å². The zero-order chi connectivity index (χ0) is 18.4. The maximum atomic E-state index is 13.3. The van der Waals surface area contributed by atoms with Crippen molar-refractivity contribution < 1.29 is 9.18 Å². The molecule has 3 rings (SSSR count). The van der Waals surface area contributed by atoms with Gasteiger partial charge in [-0.05, 0) is 48.0 Å². The maximum absolute atomic E-state index is 13.3. The number of hydrogen-bond acceptors (Lipinski definition) is 3. The number of carbonyl (C=O) groups is 1. The van der Waals surface area contributed by atoms with Gasteiger partial charge in [-0.25, -0.2) is 4.39 Å². The van der Waals surface area contributed by atoms with E-state index in [0.29, 0.717) is 22.6 Å². The Morgan fingerprint density at radius 1 is 1.04 bits per heavy atom. The van der Waals surface area contributed by atoms with Gasteiger partial charge in [0.25, 0.3) is 5.91 Å². The zero-order valence-corrected chi connectivity index (χ0v) is 14.6. The average Bonchev–Trinajstić information content (AvgIpc) is 2.67. The minimum Gasteiger partial charge on any atom is -0.322 e. The van der Waals surface area contributed by atoms with Crippen molar-refractivity contribution in [1.29, 1.82) is 5.26 Å². The monoisotopic (exact) mass is 362 g/mol. The summed E-state index contributed by atoms with van der Waals surface area (Å²) in [6.45, 7) is 0. The van der Waals surface area contributed by atoms with Gasteiger partial charge in [0, 0.05) is 16.3 Å². The predicted molar refractivity (Wildman–Crippen MR) is 102 cm³/mol. The third-order valence-corrected chi connectivity index (χ3v) is 4.84. The number of rotatable bonds is 5. The molecule has 0 spiro atoms. The van der Waals surface area contributed by atoms with Crippen LogP contribution in [0.1, 0.15) is 21.5 Å². The molecule has 1 amide bonds. The molecule has 0 fully saturated rings. The molecule has 5 heteroatoms. The van der Waals surface area contributed by atoms with Gasteiger partial charge in [0.15, 0.2) is 0 Å². The first kappa shape index (κ1) is 17.7. The van der Waals surface area contributed by atoms with Crippen LogP contribution < -0.4 is 5.32 Å². The van der Waals surface area contributed by atoms with Crippen LogP contribution >= 0.6 is 11.8 Å². The molecule has 0 heterocycles. The highest BCUT2D eigenvalue weighted by Gasteiger charge is 2.12. The van der Waals surface area contributed by atoms with E-state index in [2.05, 4.69) is 11.4 Å². The van der Waals surface area contributed by atoms with E-state index in [0.717, 1.165) is 10.5 Å². The van der Waals surface area contributed by atoms with Gasteiger partial charge in [-0.2, -0.15) is 5.26 Å². The number of benzene rings is 3. The number of thioether (sulfide) groups is 1. The largest absolute Gasteiger partial charge is 0.322 e. The first-order chi connectivity index (χ1) is 12.7. The van der Waals surface area contributed by atoms with Crippen molar-refractivity contribution in [2.45, 2.75) is 10.6 Å². The van der Waals surface area contributed by atoms with Gasteiger partial charge in [-0.3, -0.25) is 4.79 Å². The van der Waals surface area contributed by atoms with Crippen LogP contribution in [0.3, 0.4) is 0 Å². The van der Waals surface area contributed by atoms with Gasteiger partial charge in [0.05, 0.1) is 17.2 Å². The minimum atomic E-state index is -0.397. The summed E-state index contributed by atoms with van der Waals surface area (Å²) in [4.78, 5) is 13.4. The second-order valence-corrected chi connectivity index (χ2v) is 6.58. The van der Waals surface area contributed by atoms with Gasteiger partial charge in [0.2, 0.25) is 0 Å². The molecule has 3 aromatic carbocycles. The molecule has 0 aliphatic heterocycles. The second kappa shape index (κ2) is 8.32. The Morgan fingerprint density at radius 3 is 2.54 bits per heavy atom. The summed E-state index contributed by atoms with van der Waals surface area (Å²) < 4.78 is 13.3. The Morgan fingerprint density at radius 2 is 1.81 bits per heavy atom. The SMILES string of the molecule is N#Cc1ccc(CSc2ccccc2C(=O)Nc2cccc(F)c2)cc1. The Kier molecular flexibility index (Phi) is 5.67. The molecular formula is C21H15FN2OS. The first-order valence-electron chi connectivity index (χ1n) is 7.93. The minimum absolute atomic E-state index is 0.279. The summed E-state index contributed by atoms with van der Waals surface area (Å²) in [6.07, 6.45) is 0. The van der Waals surface area contributed by atoms with Crippen molar-refractivity contribution in [2.24, 2.45) is 0 Å². The lowest BCUT2D eigenvalue weighted by Crippen LogP contribution is -2.13. The summed E-state index contributed by atoms with van der Waals surface area (Å²) in [5.74, 6) is 0.000448. The van der Waals surface area contributed by atoms with Gasteiger partial charge in [-0.1, -0.05) is 30.3 Å². The number of amides is 1. The summed E-state index contributed by atoms with van der Waals surface area (Å²) in [5, 5.41) is 11.6. The summed E-state index contributed by atoms with van der Waals surface area (Å²) >= 11 is 1.54. The fourth-order valence-corrected chi connectivity index (χ4v) is 3.39. The summed E-state index contributed by atoms with van der Waals surface area (Å²) in [5.41, 5.74) is 2.64. The third-order valence-electron chi connectivity index (χ3n) is 3.69. The maximum Gasteiger partial charge on any atom is 0.256 e. The van der Waals surface area contributed by atoms with E-state index < -0.39 is 5.82 Å².